The van der Waals surface area contributed by atoms with Crippen molar-refractivity contribution in [2.45, 2.75) is 25.7 Å². The second-order valence-electron chi connectivity index (χ2n) is 15.6. The molecule has 0 atom stereocenters. The van der Waals surface area contributed by atoms with Crippen molar-refractivity contribution in [3.05, 3.63) is 229 Å². The number of hydrogen-bond donors (Lipinski definition) is 0. The Morgan fingerprint density at radius 2 is 0.531 bits per heavy atom. The monoisotopic (exact) mass is 826 g/mol. The van der Waals surface area contributed by atoms with E-state index in [0.717, 1.165) is 105 Å². The van der Waals surface area contributed by atoms with Crippen molar-refractivity contribution in [3.63, 3.8) is 0 Å². The van der Waals surface area contributed by atoms with Crippen LogP contribution in [0.25, 0.3) is 79.2 Å². The van der Waals surface area contributed by atoms with E-state index in [9.17, 15) is 0 Å². The van der Waals surface area contributed by atoms with E-state index in [1.54, 1.807) is 24.8 Å². The number of nitrogens with zero attached hydrogens (tertiary/aromatic N) is 8. The molecule has 2 aromatic carbocycles. The zero-order valence-electron chi connectivity index (χ0n) is 35.0. The number of aryl methyl sites for hydroxylation is 4. The van der Waals surface area contributed by atoms with Crippen molar-refractivity contribution in [1.29, 1.82) is 0 Å². The molecule has 8 heteroatoms. The minimum Gasteiger partial charge on any atom is -0.255 e. The predicted molar refractivity (Wildman–Crippen MR) is 255 cm³/mol. The summed E-state index contributed by atoms with van der Waals surface area (Å²) in [7, 11) is 0. The summed E-state index contributed by atoms with van der Waals surface area (Å²) in [6.07, 6.45) is 14.6. The molecule has 8 aromatic heterocycles. The van der Waals surface area contributed by atoms with Crippen molar-refractivity contribution in [3.8, 4) is 79.2 Å². The molecular formula is C56H42N8. The van der Waals surface area contributed by atoms with E-state index in [0.29, 0.717) is 0 Å². The van der Waals surface area contributed by atoms with E-state index in [4.69, 9.17) is 19.9 Å². The molecule has 0 saturated carbocycles. The van der Waals surface area contributed by atoms with Gasteiger partial charge in [0.15, 0.2) is 0 Å². The Morgan fingerprint density at radius 3 is 0.844 bits per heavy atom. The first-order chi connectivity index (χ1) is 31.7. The van der Waals surface area contributed by atoms with Gasteiger partial charge in [0.2, 0.25) is 0 Å². The van der Waals surface area contributed by atoms with Gasteiger partial charge in [0.05, 0.1) is 56.9 Å². The molecule has 0 aliphatic rings. The Balaban J connectivity index is 0.795. The number of benzene rings is 2. The van der Waals surface area contributed by atoms with Crippen LogP contribution in [-0.4, -0.2) is 39.9 Å². The van der Waals surface area contributed by atoms with Gasteiger partial charge >= 0.3 is 0 Å². The van der Waals surface area contributed by atoms with Gasteiger partial charge in [-0.25, -0.2) is 9.97 Å². The highest BCUT2D eigenvalue weighted by Crippen LogP contribution is 2.31. The summed E-state index contributed by atoms with van der Waals surface area (Å²) in [6.45, 7) is 0. The minimum atomic E-state index is 0.816. The van der Waals surface area contributed by atoms with Crippen LogP contribution in [-0.2, 0) is 25.7 Å². The summed E-state index contributed by atoms with van der Waals surface area (Å²) < 4.78 is 0. The quantitative estimate of drug-likeness (QED) is 0.113. The summed E-state index contributed by atoms with van der Waals surface area (Å²) in [5, 5.41) is 0. The highest BCUT2D eigenvalue weighted by atomic mass is 14.8. The standard InChI is InChI=1S/C56H42N8/c1-5-27-57-47(9-1)53-35-45(36-54(63-53)48-10-2-6-28-58-48)43-21-17-39(18-22-43)13-15-41-25-31-61-51(33-41)52-34-42(26-32-62-52)16-14-40-19-23-44(24-20-40)46-37-55(49-11-3-7-29-59-49)64-56(38-46)50-12-4-8-30-60-50/h1-12,17-38H,13-16H2. The van der Waals surface area contributed by atoms with Gasteiger partial charge < -0.3 is 0 Å². The minimum absolute atomic E-state index is 0.816. The Morgan fingerprint density at radius 1 is 0.219 bits per heavy atom. The largest absolute Gasteiger partial charge is 0.255 e. The molecule has 0 unspecified atom stereocenters. The van der Waals surface area contributed by atoms with Crippen LogP contribution in [0, 0.1) is 0 Å². The van der Waals surface area contributed by atoms with E-state index in [2.05, 4.69) is 117 Å². The molecule has 8 nitrogen and oxygen atoms in total. The summed E-state index contributed by atoms with van der Waals surface area (Å²) in [5.74, 6) is 0. The predicted octanol–water partition coefficient (Wildman–Crippen LogP) is 12.1. The average Bonchev–Trinajstić information content (AvgIpc) is 3.38. The van der Waals surface area contributed by atoms with Crippen molar-refractivity contribution in [2.24, 2.45) is 0 Å². The van der Waals surface area contributed by atoms with Gasteiger partial charge in [0.1, 0.15) is 0 Å². The summed E-state index contributed by atoms with van der Waals surface area (Å²) in [6, 6.07) is 58.1. The van der Waals surface area contributed by atoms with Crippen LogP contribution in [0.15, 0.2) is 207 Å². The Hall–Kier alpha value is -8.36. The van der Waals surface area contributed by atoms with E-state index in [1.165, 1.54) is 22.3 Å². The van der Waals surface area contributed by atoms with Crippen molar-refractivity contribution in [1.82, 2.24) is 39.9 Å². The lowest BCUT2D eigenvalue weighted by molar-refractivity contribution is 0.951. The normalized spacial score (nSPS) is 11.1. The zero-order valence-corrected chi connectivity index (χ0v) is 35.0. The highest BCUT2D eigenvalue weighted by Gasteiger charge is 2.13. The van der Waals surface area contributed by atoms with Crippen LogP contribution in [0.5, 0.6) is 0 Å². The molecule has 64 heavy (non-hydrogen) atoms. The molecular weight excluding hydrogens is 785 g/mol. The Kier molecular flexibility index (Phi) is 11.6. The fourth-order valence-electron chi connectivity index (χ4n) is 7.82. The zero-order chi connectivity index (χ0) is 42.9. The molecule has 0 radical (unpaired) electrons. The first-order valence-electron chi connectivity index (χ1n) is 21.5. The number of hydrogen-bond acceptors (Lipinski definition) is 8. The van der Waals surface area contributed by atoms with E-state index in [-0.39, 0.29) is 0 Å². The Bertz CT molecular complexity index is 2800. The van der Waals surface area contributed by atoms with Crippen LogP contribution in [0.4, 0.5) is 0 Å². The van der Waals surface area contributed by atoms with Crippen molar-refractivity contribution < 1.29 is 0 Å². The molecule has 0 fully saturated rings. The molecule has 10 aromatic rings. The van der Waals surface area contributed by atoms with Gasteiger partial charge in [0, 0.05) is 37.2 Å². The summed E-state index contributed by atoms with van der Waals surface area (Å²) in [4.78, 5) is 37.6. The fraction of sp³-hybridized carbons (Fsp3) is 0.0714. The third-order valence-electron chi connectivity index (χ3n) is 11.3. The van der Waals surface area contributed by atoms with Crippen molar-refractivity contribution >= 4 is 0 Å². The summed E-state index contributed by atoms with van der Waals surface area (Å²) in [5.41, 5.74) is 17.7. The van der Waals surface area contributed by atoms with Gasteiger partial charge in [-0.15, -0.1) is 0 Å². The number of rotatable bonds is 13. The second-order valence-corrected chi connectivity index (χ2v) is 15.6. The molecule has 0 aliphatic heterocycles. The van der Waals surface area contributed by atoms with Crippen LogP contribution in [0.3, 0.4) is 0 Å². The van der Waals surface area contributed by atoms with Gasteiger partial charge in [-0.3, -0.25) is 29.9 Å². The van der Waals surface area contributed by atoms with Gasteiger partial charge in [-0.2, -0.15) is 0 Å². The van der Waals surface area contributed by atoms with E-state index < -0.39 is 0 Å². The first kappa shape index (κ1) is 39.8. The van der Waals surface area contributed by atoms with Gasteiger partial charge in [-0.05, 0) is 167 Å². The maximum absolute atomic E-state index is 4.93. The summed E-state index contributed by atoms with van der Waals surface area (Å²) >= 11 is 0. The van der Waals surface area contributed by atoms with E-state index >= 15 is 0 Å². The molecule has 306 valence electrons. The molecule has 0 amide bonds. The third kappa shape index (κ3) is 9.42. The number of pyridine rings is 8. The molecule has 0 saturated heterocycles. The lowest BCUT2D eigenvalue weighted by Crippen LogP contribution is -1.97. The van der Waals surface area contributed by atoms with E-state index in [1.807, 2.05) is 85.2 Å². The average molecular weight is 827 g/mol. The SMILES string of the molecule is c1ccc(-c2cc(-c3ccc(CCc4ccnc(-c5cc(CCc6ccc(-c7cc(-c8ccccn8)nc(-c8ccccn8)c7)cc6)ccn5)c4)cc3)cc(-c3ccccn3)n2)nc1. The van der Waals surface area contributed by atoms with Crippen LogP contribution >= 0.6 is 0 Å². The molecule has 0 spiro atoms. The van der Waals surface area contributed by atoms with Crippen LogP contribution < -0.4 is 0 Å². The maximum Gasteiger partial charge on any atom is 0.0900 e. The topological polar surface area (TPSA) is 103 Å². The molecule has 10 rings (SSSR count). The maximum atomic E-state index is 4.93. The van der Waals surface area contributed by atoms with Crippen molar-refractivity contribution in [2.75, 3.05) is 0 Å². The smallest absolute Gasteiger partial charge is 0.0900 e. The molecule has 8 heterocycles. The van der Waals surface area contributed by atoms with Crippen LogP contribution in [0.2, 0.25) is 0 Å². The first-order valence-corrected chi connectivity index (χ1v) is 21.5. The second kappa shape index (κ2) is 18.7. The van der Waals surface area contributed by atoms with Gasteiger partial charge in [0.25, 0.3) is 0 Å². The Labute approximate surface area is 372 Å². The highest BCUT2D eigenvalue weighted by molar-refractivity contribution is 5.76. The van der Waals surface area contributed by atoms with Gasteiger partial charge in [-0.1, -0.05) is 72.8 Å². The molecule has 0 bridgehead atoms. The molecule has 0 aliphatic carbocycles. The molecule has 0 N–H and O–H groups in total. The number of aromatic nitrogens is 8. The third-order valence-corrected chi connectivity index (χ3v) is 11.3. The fourth-order valence-corrected chi connectivity index (χ4v) is 7.82. The lowest BCUT2D eigenvalue weighted by atomic mass is 9.98. The lowest BCUT2D eigenvalue weighted by Gasteiger charge is -2.10. The van der Waals surface area contributed by atoms with Crippen LogP contribution in [0.1, 0.15) is 22.3 Å².